The van der Waals surface area contributed by atoms with Crippen LogP contribution in [0.2, 0.25) is 0 Å². The van der Waals surface area contributed by atoms with E-state index >= 15 is 0 Å². The standard InChI is InChI=1S/C28H20F2N2O5/c29-17-8-6-16(7-9-17)15-31-21-5-2-1-4-20(21)28(27(31)36)23-24(34)19-14-18(30)10-11-22(19)37-25(23)26(35)32(28)12-3-13-33/h1-2,4-11,14,33H,3,12-13,15H2. The lowest BCUT2D eigenvalue weighted by Crippen LogP contribution is -2.53. The first-order valence-electron chi connectivity index (χ1n) is 11.7. The van der Waals surface area contributed by atoms with Crippen LogP contribution >= 0.6 is 0 Å². The van der Waals surface area contributed by atoms with E-state index in [-0.39, 0.29) is 48.4 Å². The molecule has 186 valence electrons. The van der Waals surface area contributed by atoms with Gasteiger partial charge in [0.15, 0.2) is 11.0 Å². The van der Waals surface area contributed by atoms with Crippen LogP contribution in [0, 0.1) is 11.6 Å². The highest BCUT2D eigenvalue weighted by Crippen LogP contribution is 2.52. The molecule has 1 aromatic heterocycles. The van der Waals surface area contributed by atoms with Gasteiger partial charge in [0.05, 0.1) is 23.2 Å². The molecule has 6 rings (SSSR count). The van der Waals surface area contributed by atoms with Crippen LogP contribution in [0.1, 0.15) is 33.7 Å². The molecule has 0 bridgehead atoms. The number of aliphatic hydroxyl groups is 1. The molecule has 2 aliphatic rings. The Hall–Kier alpha value is -4.37. The zero-order valence-electron chi connectivity index (χ0n) is 19.4. The second-order valence-corrected chi connectivity index (χ2v) is 9.06. The molecule has 1 N–H and O–H groups in total. The number of para-hydroxylation sites is 1. The molecule has 0 saturated carbocycles. The average molecular weight is 502 g/mol. The SMILES string of the molecule is O=C1c2oc3ccc(F)cc3c(=O)c2C2(C(=O)N(Cc3ccc(F)cc3)c3ccccc32)N1CCCO. The fourth-order valence-electron chi connectivity index (χ4n) is 5.42. The third-order valence-electron chi connectivity index (χ3n) is 6.99. The van der Waals surface area contributed by atoms with Crippen LogP contribution in [-0.2, 0) is 16.9 Å². The summed E-state index contributed by atoms with van der Waals surface area (Å²) in [6, 6.07) is 15.9. The summed E-state index contributed by atoms with van der Waals surface area (Å²) < 4.78 is 33.5. The van der Waals surface area contributed by atoms with E-state index in [4.69, 9.17) is 4.42 Å². The highest BCUT2D eigenvalue weighted by atomic mass is 19.1. The van der Waals surface area contributed by atoms with Crippen LogP contribution in [0.5, 0.6) is 0 Å². The molecule has 0 aliphatic carbocycles. The second-order valence-electron chi connectivity index (χ2n) is 9.06. The maximum absolute atomic E-state index is 14.4. The summed E-state index contributed by atoms with van der Waals surface area (Å²) in [5, 5.41) is 9.45. The van der Waals surface area contributed by atoms with Crippen molar-refractivity contribution in [2.45, 2.75) is 18.5 Å². The molecular formula is C28H20F2N2O5. The predicted octanol–water partition coefficient (Wildman–Crippen LogP) is 3.70. The molecule has 0 radical (unpaired) electrons. The summed E-state index contributed by atoms with van der Waals surface area (Å²) in [6.45, 7) is -0.225. The lowest BCUT2D eigenvalue weighted by atomic mass is 9.84. The summed E-state index contributed by atoms with van der Waals surface area (Å²) in [7, 11) is 0. The summed E-state index contributed by atoms with van der Waals surface area (Å²) in [5.41, 5.74) is -1.17. The van der Waals surface area contributed by atoms with Crippen molar-refractivity contribution in [1.82, 2.24) is 4.90 Å². The molecule has 4 aromatic rings. The minimum Gasteiger partial charge on any atom is -0.450 e. The number of nitrogens with zero attached hydrogens (tertiary/aromatic N) is 2. The average Bonchev–Trinajstić information content (AvgIpc) is 3.29. The van der Waals surface area contributed by atoms with Gasteiger partial charge in [0.1, 0.15) is 17.2 Å². The van der Waals surface area contributed by atoms with Crippen LogP contribution in [0.15, 0.2) is 75.9 Å². The highest BCUT2D eigenvalue weighted by molar-refractivity contribution is 6.17. The number of rotatable bonds is 5. The number of hydrogen-bond acceptors (Lipinski definition) is 5. The van der Waals surface area contributed by atoms with Crippen LogP contribution in [0.4, 0.5) is 14.5 Å². The number of fused-ring (bicyclic) bond motifs is 5. The van der Waals surface area contributed by atoms with Gasteiger partial charge < -0.3 is 19.3 Å². The minimum absolute atomic E-state index is 0.0274. The number of halogens is 2. The number of amides is 2. The van der Waals surface area contributed by atoms with Crippen molar-refractivity contribution in [3.05, 3.63) is 111 Å². The molecule has 2 aliphatic heterocycles. The smallest absolute Gasteiger partial charge is 0.291 e. The largest absolute Gasteiger partial charge is 0.450 e. The number of carbonyl (C=O) groups is 2. The third kappa shape index (κ3) is 3.17. The van der Waals surface area contributed by atoms with Crippen molar-refractivity contribution in [3.63, 3.8) is 0 Å². The second kappa shape index (κ2) is 8.35. The molecule has 1 spiro atoms. The van der Waals surface area contributed by atoms with Crippen molar-refractivity contribution in [1.29, 1.82) is 0 Å². The molecule has 0 saturated heterocycles. The fraction of sp³-hybridized carbons (Fsp3) is 0.179. The van der Waals surface area contributed by atoms with Crippen LogP contribution < -0.4 is 10.3 Å². The van der Waals surface area contributed by atoms with E-state index in [1.807, 2.05) is 0 Å². The van der Waals surface area contributed by atoms with Gasteiger partial charge >= 0.3 is 0 Å². The predicted molar refractivity (Wildman–Crippen MR) is 130 cm³/mol. The Kier molecular flexibility index (Phi) is 5.20. The molecule has 1 atom stereocenters. The third-order valence-corrected chi connectivity index (χ3v) is 6.99. The number of anilines is 1. The fourth-order valence-corrected chi connectivity index (χ4v) is 5.42. The monoisotopic (exact) mass is 502 g/mol. The van der Waals surface area contributed by atoms with Gasteiger partial charge in [-0.15, -0.1) is 0 Å². The van der Waals surface area contributed by atoms with E-state index in [0.29, 0.717) is 16.8 Å². The van der Waals surface area contributed by atoms with E-state index in [9.17, 15) is 28.3 Å². The number of hydrogen-bond donors (Lipinski definition) is 1. The summed E-state index contributed by atoms with van der Waals surface area (Å²) >= 11 is 0. The van der Waals surface area contributed by atoms with Gasteiger partial charge in [0.25, 0.3) is 11.8 Å². The van der Waals surface area contributed by atoms with Crippen LogP contribution in [0.3, 0.4) is 0 Å². The quantitative estimate of drug-likeness (QED) is 0.450. The number of aliphatic hydroxyl groups excluding tert-OH is 1. The minimum atomic E-state index is -1.86. The van der Waals surface area contributed by atoms with Gasteiger partial charge in [-0.1, -0.05) is 30.3 Å². The molecule has 37 heavy (non-hydrogen) atoms. The Morgan fingerprint density at radius 2 is 1.65 bits per heavy atom. The first-order valence-corrected chi connectivity index (χ1v) is 11.7. The van der Waals surface area contributed by atoms with Crippen LogP contribution in [-0.4, -0.2) is 35.0 Å². The van der Waals surface area contributed by atoms with Crippen molar-refractivity contribution in [2.24, 2.45) is 0 Å². The van der Waals surface area contributed by atoms with Gasteiger partial charge in [-0.2, -0.15) is 0 Å². The maximum atomic E-state index is 14.4. The zero-order valence-corrected chi connectivity index (χ0v) is 19.4. The summed E-state index contributed by atoms with van der Waals surface area (Å²) in [4.78, 5) is 44.7. The van der Waals surface area contributed by atoms with Crippen molar-refractivity contribution < 1.29 is 27.9 Å². The van der Waals surface area contributed by atoms with Gasteiger partial charge in [0.2, 0.25) is 5.76 Å². The van der Waals surface area contributed by atoms with E-state index in [1.54, 1.807) is 36.4 Å². The molecular weight excluding hydrogens is 482 g/mol. The maximum Gasteiger partial charge on any atom is 0.291 e. The lowest BCUT2D eigenvalue weighted by Gasteiger charge is -2.34. The van der Waals surface area contributed by atoms with E-state index in [1.165, 1.54) is 28.0 Å². The van der Waals surface area contributed by atoms with Gasteiger partial charge in [-0.3, -0.25) is 14.4 Å². The number of carbonyl (C=O) groups excluding carboxylic acids is 2. The van der Waals surface area contributed by atoms with Crippen molar-refractivity contribution >= 4 is 28.5 Å². The lowest BCUT2D eigenvalue weighted by molar-refractivity contribution is -0.126. The molecule has 1 unspecified atom stereocenters. The topological polar surface area (TPSA) is 91.1 Å². The highest BCUT2D eigenvalue weighted by Gasteiger charge is 2.64. The van der Waals surface area contributed by atoms with Crippen molar-refractivity contribution in [3.8, 4) is 0 Å². The Morgan fingerprint density at radius 3 is 2.41 bits per heavy atom. The molecule has 2 amide bonds. The Morgan fingerprint density at radius 1 is 0.919 bits per heavy atom. The van der Waals surface area contributed by atoms with Gasteiger partial charge in [-0.05, 0) is 48.4 Å². The van der Waals surface area contributed by atoms with E-state index < -0.39 is 34.4 Å². The van der Waals surface area contributed by atoms with Crippen LogP contribution in [0.25, 0.3) is 11.0 Å². The molecule has 0 fully saturated rings. The Labute approximate surface area is 209 Å². The normalized spacial score (nSPS) is 18.2. The van der Waals surface area contributed by atoms with Gasteiger partial charge in [0, 0.05) is 18.7 Å². The van der Waals surface area contributed by atoms with E-state index in [2.05, 4.69) is 0 Å². The van der Waals surface area contributed by atoms with Crippen molar-refractivity contribution in [2.75, 3.05) is 18.1 Å². The molecule has 3 heterocycles. The first kappa shape index (κ1) is 23.1. The summed E-state index contributed by atoms with van der Waals surface area (Å²) in [5.74, 6) is -2.60. The molecule has 3 aromatic carbocycles. The van der Waals surface area contributed by atoms with Gasteiger partial charge in [-0.25, -0.2) is 8.78 Å². The first-order chi connectivity index (χ1) is 17.9. The zero-order chi connectivity index (χ0) is 25.9. The Balaban J connectivity index is 1.64. The molecule has 7 nitrogen and oxygen atoms in total. The molecule has 9 heteroatoms. The number of benzene rings is 3. The van der Waals surface area contributed by atoms with E-state index in [0.717, 1.165) is 12.1 Å². The summed E-state index contributed by atoms with van der Waals surface area (Å²) in [6.07, 6.45) is 0.150. The Bertz CT molecular complexity index is 1650.